The van der Waals surface area contributed by atoms with Crippen molar-refractivity contribution in [3.05, 3.63) is 70.5 Å². The lowest BCUT2D eigenvalue weighted by Gasteiger charge is -2.14. The number of aryl methyl sites for hydroxylation is 2. The Morgan fingerprint density at radius 3 is 2.55 bits per heavy atom. The van der Waals surface area contributed by atoms with Crippen LogP contribution in [0.5, 0.6) is 0 Å². The summed E-state index contributed by atoms with van der Waals surface area (Å²) in [6.45, 7) is 3.63. The van der Waals surface area contributed by atoms with E-state index in [1.54, 1.807) is 19.1 Å². The van der Waals surface area contributed by atoms with Gasteiger partial charge in [0.25, 0.3) is 0 Å². The summed E-state index contributed by atoms with van der Waals surface area (Å²) >= 11 is 0. The quantitative estimate of drug-likeness (QED) is 0.917. The second kappa shape index (κ2) is 5.87. The van der Waals surface area contributed by atoms with Crippen LogP contribution in [0.25, 0.3) is 0 Å². The van der Waals surface area contributed by atoms with Crippen LogP contribution in [-0.2, 0) is 11.2 Å². The molecule has 2 rings (SSSR count). The molecule has 2 aromatic carbocycles. The number of aliphatic carboxylic acids is 1. The van der Waals surface area contributed by atoms with Gasteiger partial charge in [-0.05, 0) is 43.0 Å². The van der Waals surface area contributed by atoms with Crippen molar-refractivity contribution in [1.82, 2.24) is 0 Å². The molecule has 0 aliphatic carbocycles. The predicted molar refractivity (Wildman–Crippen MR) is 76.4 cm³/mol. The van der Waals surface area contributed by atoms with Gasteiger partial charge in [0.2, 0.25) is 0 Å². The van der Waals surface area contributed by atoms with Crippen molar-refractivity contribution >= 4 is 5.97 Å². The van der Waals surface area contributed by atoms with Gasteiger partial charge < -0.3 is 5.11 Å². The van der Waals surface area contributed by atoms with E-state index in [0.29, 0.717) is 17.5 Å². The molecule has 2 nitrogen and oxygen atoms in total. The summed E-state index contributed by atoms with van der Waals surface area (Å²) in [5.41, 5.74) is 3.05. The standard InChI is InChI=1S/C17H17FO2/c1-11-4-3-5-13(8-11)9-15(17(19)20)14-7-6-12(2)16(18)10-14/h3-8,10,15H,9H2,1-2H3,(H,19,20). The summed E-state index contributed by atoms with van der Waals surface area (Å²) in [5.74, 6) is -2.03. The summed E-state index contributed by atoms with van der Waals surface area (Å²) in [6.07, 6.45) is 0.361. The number of benzene rings is 2. The highest BCUT2D eigenvalue weighted by molar-refractivity contribution is 5.76. The minimum Gasteiger partial charge on any atom is -0.481 e. The predicted octanol–water partition coefficient (Wildman–Crippen LogP) is 3.85. The van der Waals surface area contributed by atoms with Crippen molar-refractivity contribution in [3.8, 4) is 0 Å². The lowest BCUT2D eigenvalue weighted by Crippen LogP contribution is -2.15. The molecule has 0 aliphatic rings. The molecular weight excluding hydrogens is 255 g/mol. The van der Waals surface area contributed by atoms with E-state index in [1.165, 1.54) is 6.07 Å². The zero-order valence-electron chi connectivity index (χ0n) is 11.6. The molecule has 1 atom stereocenters. The van der Waals surface area contributed by atoms with Gasteiger partial charge in [0.1, 0.15) is 5.82 Å². The van der Waals surface area contributed by atoms with Crippen LogP contribution in [-0.4, -0.2) is 11.1 Å². The third kappa shape index (κ3) is 3.23. The third-order valence-electron chi connectivity index (χ3n) is 3.42. The second-order valence-corrected chi connectivity index (χ2v) is 5.09. The molecule has 0 spiro atoms. The molecule has 3 heteroatoms. The smallest absolute Gasteiger partial charge is 0.311 e. The summed E-state index contributed by atoms with van der Waals surface area (Å²) in [6, 6.07) is 12.4. The van der Waals surface area contributed by atoms with E-state index in [2.05, 4.69) is 0 Å². The lowest BCUT2D eigenvalue weighted by molar-refractivity contribution is -0.138. The van der Waals surface area contributed by atoms with Crippen LogP contribution in [0.4, 0.5) is 4.39 Å². The first-order chi connectivity index (χ1) is 9.47. The van der Waals surface area contributed by atoms with Crippen LogP contribution in [0.15, 0.2) is 42.5 Å². The zero-order valence-corrected chi connectivity index (χ0v) is 11.6. The maximum atomic E-state index is 13.6. The SMILES string of the molecule is Cc1cccc(CC(C(=O)O)c2ccc(C)c(F)c2)c1. The number of halogens is 1. The average molecular weight is 272 g/mol. The Bertz CT molecular complexity index is 635. The van der Waals surface area contributed by atoms with Crippen LogP contribution >= 0.6 is 0 Å². The van der Waals surface area contributed by atoms with E-state index in [1.807, 2.05) is 31.2 Å². The Labute approximate surface area is 117 Å². The minimum atomic E-state index is -0.935. The van der Waals surface area contributed by atoms with Crippen molar-refractivity contribution in [2.45, 2.75) is 26.2 Å². The molecule has 0 aromatic heterocycles. The Hall–Kier alpha value is -2.16. The fraction of sp³-hybridized carbons (Fsp3) is 0.235. The molecule has 2 aromatic rings. The van der Waals surface area contributed by atoms with Gasteiger partial charge in [0, 0.05) is 0 Å². The first kappa shape index (κ1) is 14.3. The van der Waals surface area contributed by atoms with Gasteiger partial charge in [0.15, 0.2) is 0 Å². The van der Waals surface area contributed by atoms with Crippen molar-refractivity contribution in [2.75, 3.05) is 0 Å². The van der Waals surface area contributed by atoms with Crippen molar-refractivity contribution in [3.63, 3.8) is 0 Å². The molecule has 0 saturated heterocycles. The number of hydrogen-bond donors (Lipinski definition) is 1. The highest BCUT2D eigenvalue weighted by Crippen LogP contribution is 2.23. The van der Waals surface area contributed by atoms with Gasteiger partial charge in [-0.15, -0.1) is 0 Å². The molecule has 0 aliphatic heterocycles. The highest BCUT2D eigenvalue weighted by Gasteiger charge is 2.21. The third-order valence-corrected chi connectivity index (χ3v) is 3.42. The van der Waals surface area contributed by atoms with Crippen LogP contribution in [0.3, 0.4) is 0 Å². The first-order valence-electron chi connectivity index (χ1n) is 6.52. The topological polar surface area (TPSA) is 37.3 Å². The molecule has 1 N–H and O–H groups in total. The molecule has 104 valence electrons. The number of rotatable bonds is 4. The molecule has 0 fully saturated rings. The maximum absolute atomic E-state index is 13.6. The Morgan fingerprint density at radius 2 is 1.95 bits per heavy atom. The van der Waals surface area contributed by atoms with Gasteiger partial charge in [-0.1, -0.05) is 42.0 Å². The van der Waals surface area contributed by atoms with E-state index < -0.39 is 11.9 Å². The van der Waals surface area contributed by atoms with Gasteiger partial charge in [-0.3, -0.25) is 4.79 Å². The normalized spacial score (nSPS) is 12.2. The summed E-state index contributed by atoms with van der Waals surface area (Å²) in [5, 5.41) is 9.40. The molecule has 0 bridgehead atoms. The molecular formula is C17H17FO2. The number of carbonyl (C=O) groups is 1. The summed E-state index contributed by atoms with van der Waals surface area (Å²) in [4.78, 5) is 11.5. The number of carboxylic acids is 1. The number of hydrogen-bond acceptors (Lipinski definition) is 1. The monoisotopic (exact) mass is 272 g/mol. The van der Waals surface area contributed by atoms with Gasteiger partial charge in [-0.2, -0.15) is 0 Å². The Morgan fingerprint density at radius 1 is 1.20 bits per heavy atom. The van der Waals surface area contributed by atoms with E-state index in [4.69, 9.17) is 0 Å². The first-order valence-corrected chi connectivity index (χ1v) is 6.52. The lowest BCUT2D eigenvalue weighted by atomic mass is 9.91. The molecule has 0 heterocycles. The molecule has 0 saturated carbocycles. The largest absolute Gasteiger partial charge is 0.481 e. The van der Waals surface area contributed by atoms with Crippen LogP contribution < -0.4 is 0 Å². The molecule has 1 unspecified atom stereocenters. The summed E-state index contributed by atoms with van der Waals surface area (Å²) in [7, 11) is 0. The minimum absolute atomic E-state index is 0.361. The van der Waals surface area contributed by atoms with E-state index >= 15 is 0 Å². The van der Waals surface area contributed by atoms with Crippen molar-refractivity contribution < 1.29 is 14.3 Å². The van der Waals surface area contributed by atoms with Crippen LogP contribution in [0, 0.1) is 19.7 Å². The van der Waals surface area contributed by atoms with Crippen LogP contribution in [0.2, 0.25) is 0 Å². The highest BCUT2D eigenvalue weighted by atomic mass is 19.1. The van der Waals surface area contributed by atoms with Gasteiger partial charge in [-0.25, -0.2) is 4.39 Å². The van der Waals surface area contributed by atoms with E-state index in [9.17, 15) is 14.3 Å². The number of carboxylic acid groups (broad SMARTS) is 1. The van der Waals surface area contributed by atoms with Gasteiger partial charge in [0.05, 0.1) is 5.92 Å². The fourth-order valence-electron chi connectivity index (χ4n) is 2.25. The van der Waals surface area contributed by atoms with Crippen molar-refractivity contribution in [2.24, 2.45) is 0 Å². The average Bonchev–Trinajstić information content (AvgIpc) is 2.39. The van der Waals surface area contributed by atoms with Gasteiger partial charge >= 0.3 is 5.97 Å². The second-order valence-electron chi connectivity index (χ2n) is 5.09. The Kier molecular flexibility index (Phi) is 4.18. The zero-order chi connectivity index (χ0) is 14.7. The fourth-order valence-corrected chi connectivity index (χ4v) is 2.25. The summed E-state index contributed by atoms with van der Waals surface area (Å²) < 4.78 is 13.6. The Balaban J connectivity index is 2.32. The van der Waals surface area contributed by atoms with Crippen molar-refractivity contribution in [1.29, 1.82) is 0 Å². The van der Waals surface area contributed by atoms with Crippen LogP contribution in [0.1, 0.15) is 28.2 Å². The maximum Gasteiger partial charge on any atom is 0.311 e. The molecule has 0 amide bonds. The van der Waals surface area contributed by atoms with E-state index in [0.717, 1.165) is 11.1 Å². The van der Waals surface area contributed by atoms with E-state index in [-0.39, 0.29) is 5.82 Å². The molecule has 20 heavy (non-hydrogen) atoms. The molecule has 0 radical (unpaired) electrons.